The molecule has 2 fully saturated rings. The summed E-state index contributed by atoms with van der Waals surface area (Å²) in [5, 5.41) is 24.4. The number of hydrogen-bond donors (Lipinski definition) is 1. The number of benzene rings is 2. The van der Waals surface area contributed by atoms with Gasteiger partial charge in [0, 0.05) is 16.8 Å². The van der Waals surface area contributed by atoms with Crippen molar-refractivity contribution in [3.8, 4) is 12.1 Å². The maximum atomic E-state index is 13.5. The van der Waals surface area contributed by atoms with Gasteiger partial charge in [0.2, 0.25) is 5.91 Å². The molecule has 1 N–H and O–H groups in total. The number of nitrogens with zero attached hydrogens (tertiary/aromatic N) is 3. The molecule has 2 aromatic carbocycles. The van der Waals surface area contributed by atoms with E-state index in [-0.39, 0.29) is 11.9 Å². The molecule has 3 aliphatic rings. The largest absolute Gasteiger partial charge is 0.325 e. The summed E-state index contributed by atoms with van der Waals surface area (Å²) in [6.07, 6.45) is 1.70. The lowest BCUT2D eigenvalue weighted by molar-refractivity contribution is -0.123. The molecule has 3 atom stereocenters. The highest BCUT2D eigenvalue weighted by atomic mass is 35.5. The number of halogens is 1. The van der Waals surface area contributed by atoms with Crippen LogP contribution in [0, 0.1) is 28.1 Å². The Bertz CT molecular complexity index is 1050. The molecule has 0 aromatic heterocycles. The molecule has 2 aromatic rings. The molecule has 3 aliphatic heterocycles. The summed E-state index contributed by atoms with van der Waals surface area (Å²) in [5.74, 6) is -0.245. The Hall–Kier alpha value is -2.86. The first kappa shape index (κ1) is 17.3. The predicted molar refractivity (Wildman–Crippen MR) is 104 cm³/mol. The highest BCUT2D eigenvalue weighted by molar-refractivity contribution is 6.30. The summed E-state index contributed by atoms with van der Waals surface area (Å²) in [5.41, 5.74) is -0.452. The normalized spacial score (nSPS) is 29.8. The van der Waals surface area contributed by atoms with Crippen LogP contribution < -0.4 is 5.32 Å². The van der Waals surface area contributed by atoms with Gasteiger partial charge in [-0.1, -0.05) is 41.9 Å². The molecular formula is C22H17ClN4O. The number of nitriles is 2. The molecule has 1 spiro atoms. The summed E-state index contributed by atoms with van der Waals surface area (Å²) < 4.78 is 0. The smallest absolute Gasteiger partial charge is 0.239 e. The van der Waals surface area contributed by atoms with Crippen LogP contribution in [0.5, 0.6) is 0 Å². The standard InChI is InChI=1S/C22H17ClN4O/c23-15-9-7-14(8-10-15)19-21(12-24,13-25)22(18-6-3-11-27(18)19)16-4-1-2-5-17(16)26-20(22)28/h1-2,4-5,7-10,18-19H,3,6,11H2,(H,26,28)/t18?,19-,22+/m1/s1. The summed E-state index contributed by atoms with van der Waals surface area (Å²) in [7, 11) is 0. The maximum Gasteiger partial charge on any atom is 0.239 e. The fourth-order valence-electron chi connectivity index (χ4n) is 5.70. The van der Waals surface area contributed by atoms with Gasteiger partial charge in [-0.3, -0.25) is 9.69 Å². The van der Waals surface area contributed by atoms with Crippen molar-refractivity contribution in [2.75, 3.05) is 11.9 Å². The second-order valence-electron chi connectivity index (χ2n) is 7.69. The van der Waals surface area contributed by atoms with Crippen molar-refractivity contribution in [3.05, 3.63) is 64.7 Å². The predicted octanol–water partition coefficient (Wildman–Crippen LogP) is 3.78. The number of fused-ring (bicyclic) bond motifs is 4. The Morgan fingerprint density at radius 2 is 1.82 bits per heavy atom. The van der Waals surface area contributed by atoms with Gasteiger partial charge in [-0.15, -0.1) is 0 Å². The minimum absolute atomic E-state index is 0.198. The van der Waals surface area contributed by atoms with E-state index in [1.165, 1.54) is 0 Å². The monoisotopic (exact) mass is 388 g/mol. The number of nitrogens with one attached hydrogen (secondary N) is 1. The Kier molecular flexibility index (Phi) is 3.58. The van der Waals surface area contributed by atoms with Crippen molar-refractivity contribution in [3.63, 3.8) is 0 Å². The fourth-order valence-corrected chi connectivity index (χ4v) is 5.83. The zero-order valence-electron chi connectivity index (χ0n) is 15.0. The van der Waals surface area contributed by atoms with E-state index in [9.17, 15) is 15.3 Å². The molecule has 138 valence electrons. The van der Waals surface area contributed by atoms with E-state index in [0.29, 0.717) is 10.7 Å². The van der Waals surface area contributed by atoms with Gasteiger partial charge < -0.3 is 5.32 Å². The van der Waals surface area contributed by atoms with Crippen molar-refractivity contribution in [2.24, 2.45) is 5.41 Å². The number of anilines is 1. The van der Waals surface area contributed by atoms with Crippen LogP contribution in [0.2, 0.25) is 5.02 Å². The van der Waals surface area contributed by atoms with E-state index >= 15 is 0 Å². The number of amides is 1. The lowest BCUT2D eigenvalue weighted by Gasteiger charge is -2.36. The van der Waals surface area contributed by atoms with Gasteiger partial charge in [0.1, 0.15) is 5.41 Å². The number of carbonyl (C=O) groups excluding carboxylic acids is 1. The van der Waals surface area contributed by atoms with Gasteiger partial charge in [0.25, 0.3) is 0 Å². The maximum absolute atomic E-state index is 13.5. The summed E-state index contributed by atoms with van der Waals surface area (Å²) in [6.45, 7) is 0.750. The van der Waals surface area contributed by atoms with Crippen molar-refractivity contribution in [2.45, 2.75) is 30.3 Å². The molecule has 5 nitrogen and oxygen atoms in total. The number of rotatable bonds is 1. The van der Waals surface area contributed by atoms with E-state index in [1.54, 1.807) is 12.1 Å². The van der Waals surface area contributed by atoms with E-state index in [2.05, 4.69) is 22.4 Å². The Balaban J connectivity index is 1.84. The van der Waals surface area contributed by atoms with Crippen LogP contribution >= 0.6 is 11.6 Å². The average molecular weight is 389 g/mol. The highest BCUT2D eigenvalue weighted by Gasteiger charge is 2.76. The molecule has 2 saturated heterocycles. The van der Waals surface area contributed by atoms with Crippen LogP contribution in [0.1, 0.15) is 30.0 Å². The van der Waals surface area contributed by atoms with E-state index in [1.807, 2.05) is 36.4 Å². The lowest BCUT2D eigenvalue weighted by Crippen LogP contribution is -2.53. The van der Waals surface area contributed by atoms with E-state index in [0.717, 1.165) is 30.5 Å². The summed E-state index contributed by atoms with van der Waals surface area (Å²) in [6, 6.07) is 18.7. The Morgan fingerprint density at radius 3 is 2.54 bits per heavy atom. The minimum Gasteiger partial charge on any atom is -0.325 e. The van der Waals surface area contributed by atoms with Gasteiger partial charge in [-0.2, -0.15) is 10.5 Å². The zero-order chi connectivity index (χ0) is 19.5. The molecule has 0 radical (unpaired) electrons. The first-order chi connectivity index (χ1) is 13.6. The summed E-state index contributed by atoms with van der Waals surface area (Å²) in [4.78, 5) is 15.7. The number of hydrogen-bond acceptors (Lipinski definition) is 4. The molecule has 5 rings (SSSR count). The third-order valence-corrected chi connectivity index (χ3v) is 6.91. The molecule has 1 unspecified atom stereocenters. The molecule has 28 heavy (non-hydrogen) atoms. The highest BCUT2D eigenvalue weighted by Crippen LogP contribution is 2.66. The Morgan fingerprint density at radius 1 is 1.11 bits per heavy atom. The van der Waals surface area contributed by atoms with Crippen molar-refractivity contribution < 1.29 is 4.79 Å². The van der Waals surface area contributed by atoms with Gasteiger partial charge in [0.05, 0.1) is 18.2 Å². The van der Waals surface area contributed by atoms with Gasteiger partial charge in [-0.05, 0) is 48.7 Å². The molecular weight excluding hydrogens is 372 g/mol. The van der Waals surface area contributed by atoms with Gasteiger partial charge in [-0.25, -0.2) is 0 Å². The second-order valence-corrected chi connectivity index (χ2v) is 8.13. The molecule has 0 bridgehead atoms. The SMILES string of the molecule is N#CC1(C#N)[C@@H](c2ccc(Cl)cc2)N2CCCC2[C@@]12C(=O)Nc1ccccc12. The molecule has 3 heterocycles. The van der Waals surface area contributed by atoms with Gasteiger partial charge in [0.15, 0.2) is 5.41 Å². The Labute approximate surface area is 168 Å². The second kappa shape index (κ2) is 5.82. The molecule has 0 aliphatic carbocycles. The van der Waals surface area contributed by atoms with Crippen LogP contribution in [-0.2, 0) is 10.2 Å². The van der Waals surface area contributed by atoms with Gasteiger partial charge >= 0.3 is 0 Å². The average Bonchev–Trinajstić information content (AvgIpc) is 3.35. The fraction of sp³-hybridized carbons (Fsp3) is 0.318. The van der Waals surface area contributed by atoms with Crippen LogP contribution in [0.25, 0.3) is 0 Å². The van der Waals surface area contributed by atoms with Crippen LogP contribution in [0.3, 0.4) is 0 Å². The number of para-hydroxylation sites is 1. The zero-order valence-corrected chi connectivity index (χ0v) is 15.8. The van der Waals surface area contributed by atoms with Crippen LogP contribution in [0.15, 0.2) is 48.5 Å². The van der Waals surface area contributed by atoms with Crippen LogP contribution in [0.4, 0.5) is 5.69 Å². The van der Waals surface area contributed by atoms with Crippen molar-refractivity contribution in [1.29, 1.82) is 10.5 Å². The first-order valence-corrected chi connectivity index (χ1v) is 9.72. The molecule has 1 amide bonds. The lowest BCUT2D eigenvalue weighted by atomic mass is 9.57. The van der Waals surface area contributed by atoms with E-state index in [4.69, 9.17) is 11.6 Å². The van der Waals surface area contributed by atoms with Crippen molar-refractivity contribution >= 4 is 23.2 Å². The third-order valence-electron chi connectivity index (χ3n) is 6.65. The van der Waals surface area contributed by atoms with Crippen LogP contribution in [-0.4, -0.2) is 23.4 Å². The van der Waals surface area contributed by atoms with Crippen molar-refractivity contribution in [1.82, 2.24) is 4.90 Å². The summed E-state index contributed by atoms with van der Waals surface area (Å²) >= 11 is 6.07. The number of carbonyl (C=O) groups is 1. The van der Waals surface area contributed by atoms with E-state index < -0.39 is 16.9 Å². The first-order valence-electron chi connectivity index (χ1n) is 9.35. The topological polar surface area (TPSA) is 79.9 Å². The molecule has 0 saturated carbocycles. The molecule has 6 heteroatoms. The quantitative estimate of drug-likeness (QED) is 0.806. The third kappa shape index (κ3) is 1.81. The minimum atomic E-state index is -1.54.